The number of amides is 1. The van der Waals surface area contributed by atoms with E-state index in [1.165, 1.54) is 11.3 Å². The van der Waals surface area contributed by atoms with Crippen LogP contribution >= 0.6 is 11.3 Å². The number of nitrogens with one attached hydrogen (secondary N) is 1. The highest BCUT2D eigenvalue weighted by molar-refractivity contribution is 7.12. The van der Waals surface area contributed by atoms with Crippen molar-refractivity contribution >= 4 is 46.3 Å². The van der Waals surface area contributed by atoms with Crippen molar-refractivity contribution in [2.24, 2.45) is 5.92 Å². The van der Waals surface area contributed by atoms with Crippen molar-refractivity contribution in [3.8, 4) is 5.75 Å². The molecule has 1 amide bonds. The Hall–Kier alpha value is -4.49. The fraction of sp³-hybridized carbons (Fsp3) is 0.156. The fourth-order valence-electron chi connectivity index (χ4n) is 6.64. The van der Waals surface area contributed by atoms with Crippen LogP contribution in [-0.4, -0.2) is 36.7 Å². The first-order valence-electron chi connectivity index (χ1n) is 12.8. The van der Waals surface area contributed by atoms with E-state index in [2.05, 4.69) is 5.32 Å². The molecule has 192 valence electrons. The zero-order valence-electron chi connectivity index (χ0n) is 21.0. The molecule has 0 unspecified atom stereocenters. The van der Waals surface area contributed by atoms with Gasteiger partial charge < -0.3 is 15.0 Å². The number of benzene rings is 3. The number of ether oxygens (including phenoxy) is 1. The summed E-state index contributed by atoms with van der Waals surface area (Å²) >= 11 is 1.35. The second kappa shape index (κ2) is 8.78. The molecule has 0 bridgehead atoms. The fourth-order valence-corrected chi connectivity index (χ4v) is 7.34. The third-order valence-electron chi connectivity index (χ3n) is 8.21. The molecule has 1 aromatic heterocycles. The molecule has 3 aromatic carbocycles. The second-order valence-electron chi connectivity index (χ2n) is 10.00. The third-order valence-corrected chi connectivity index (χ3v) is 9.10. The summed E-state index contributed by atoms with van der Waals surface area (Å²) in [5.74, 6) is -1.17. The molecule has 1 fully saturated rings. The SMILES string of the molecule is COc1cccc(C(=O)[C@@H]2[C@@H](C(=O)c3cccs3)N3c4ccccc4C=C[C@@H]3[C@@]23C(=O)Nc2ccccc23)c1. The first kappa shape index (κ1) is 23.6. The summed E-state index contributed by atoms with van der Waals surface area (Å²) in [5.41, 5.74) is 2.25. The van der Waals surface area contributed by atoms with E-state index in [4.69, 9.17) is 4.74 Å². The number of rotatable bonds is 5. The molecule has 0 aliphatic carbocycles. The van der Waals surface area contributed by atoms with Gasteiger partial charge in [-0.1, -0.05) is 66.7 Å². The van der Waals surface area contributed by atoms with Crippen molar-refractivity contribution in [1.29, 1.82) is 0 Å². The molecule has 4 atom stereocenters. The van der Waals surface area contributed by atoms with Gasteiger partial charge in [0.15, 0.2) is 11.6 Å². The Morgan fingerprint density at radius 1 is 0.949 bits per heavy atom. The lowest BCUT2D eigenvalue weighted by atomic mass is 9.64. The summed E-state index contributed by atoms with van der Waals surface area (Å²) in [5, 5.41) is 4.91. The molecule has 3 aliphatic heterocycles. The summed E-state index contributed by atoms with van der Waals surface area (Å²) in [7, 11) is 1.55. The normalized spacial score (nSPS) is 24.2. The number of nitrogens with zero attached hydrogens (tertiary/aromatic N) is 1. The molecule has 1 N–H and O–H groups in total. The minimum absolute atomic E-state index is 0.171. The first-order chi connectivity index (χ1) is 19.1. The molecule has 1 spiro atoms. The topological polar surface area (TPSA) is 75.7 Å². The van der Waals surface area contributed by atoms with Gasteiger partial charge in [-0.15, -0.1) is 11.3 Å². The van der Waals surface area contributed by atoms with Gasteiger partial charge in [-0.3, -0.25) is 14.4 Å². The van der Waals surface area contributed by atoms with E-state index >= 15 is 0 Å². The Labute approximate surface area is 229 Å². The number of thiophene rings is 1. The van der Waals surface area contributed by atoms with E-state index in [1.807, 2.05) is 77.0 Å². The molecule has 3 aliphatic rings. The van der Waals surface area contributed by atoms with Crippen molar-refractivity contribution in [1.82, 2.24) is 0 Å². The molecule has 4 heterocycles. The van der Waals surface area contributed by atoms with Crippen LogP contribution in [0, 0.1) is 5.92 Å². The van der Waals surface area contributed by atoms with E-state index in [0.717, 1.165) is 16.8 Å². The number of para-hydroxylation sites is 2. The Kier molecular flexibility index (Phi) is 5.32. The Morgan fingerprint density at radius 2 is 1.77 bits per heavy atom. The summed E-state index contributed by atoms with van der Waals surface area (Å²) in [6, 6.07) is 24.4. The van der Waals surface area contributed by atoms with Crippen molar-refractivity contribution in [2.75, 3.05) is 17.3 Å². The third kappa shape index (κ3) is 3.23. The lowest BCUT2D eigenvalue weighted by molar-refractivity contribution is -0.121. The van der Waals surface area contributed by atoms with Crippen molar-refractivity contribution < 1.29 is 19.1 Å². The number of carbonyl (C=O) groups excluding carboxylic acids is 3. The minimum atomic E-state index is -1.32. The number of hydrogen-bond donors (Lipinski definition) is 1. The van der Waals surface area contributed by atoms with Crippen LogP contribution < -0.4 is 15.0 Å². The van der Waals surface area contributed by atoms with Gasteiger partial charge in [-0.25, -0.2) is 0 Å². The monoisotopic (exact) mass is 532 g/mol. The average molecular weight is 533 g/mol. The highest BCUT2D eigenvalue weighted by Gasteiger charge is 2.70. The lowest BCUT2D eigenvalue weighted by Crippen LogP contribution is -2.51. The van der Waals surface area contributed by atoms with E-state index in [0.29, 0.717) is 21.9 Å². The molecule has 7 rings (SSSR count). The summed E-state index contributed by atoms with van der Waals surface area (Å²) in [6.45, 7) is 0. The second-order valence-corrected chi connectivity index (χ2v) is 10.9. The number of hydrogen-bond acceptors (Lipinski definition) is 6. The van der Waals surface area contributed by atoms with E-state index < -0.39 is 23.4 Å². The minimum Gasteiger partial charge on any atom is -0.497 e. The number of Topliss-reactive ketones (excluding diaryl/α,β-unsaturated/α-hetero) is 2. The van der Waals surface area contributed by atoms with Crippen LogP contribution in [0.3, 0.4) is 0 Å². The highest BCUT2D eigenvalue weighted by Crippen LogP contribution is 2.58. The molecule has 1 saturated heterocycles. The van der Waals surface area contributed by atoms with Crippen LogP contribution in [0.5, 0.6) is 5.75 Å². The molecule has 0 saturated carbocycles. The van der Waals surface area contributed by atoms with Crippen LogP contribution in [0.25, 0.3) is 6.08 Å². The maximum absolute atomic E-state index is 14.7. The van der Waals surface area contributed by atoms with Gasteiger partial charge in [0.05, 0.1) is 23.9 Å². The summed E-state index contributed by atoms with van der Waals surface area (Å²) < 4.78 is 5.42. The summed E-state index contributed by atoms with van der Waals surface area (Å²) in [4.78, 5) is 46.0. The number of fused-ring (bicyclic) bond motifs is 6. The summed E-state index contributed by atoms with van der Waals surface area (Å²) in [6.07, 6.45) is 3.98. The standard InChI is InChI=1S/C32H24N2O4S/c1-38-21-10-6-9-20(18-21)29(35)27-28(30(36)25-14-7-17-39-25)34-24-13-5-2-8-19(24)15-16-26(34)32(27)22-11-3-4-12-23(22)33-31(32)37/h2-18,26-28H,1H3,(H,33,37)/t26-,27+,28+,32-/m1/s1. The van der Waals surface area contributed by atoms with E-state index in [9.17, 15) is 14.4 Å². The van der Waals surface area contributed by atoms with E-state index in [1.54, 1.807) is 37.4 Å². The molecule has 7 heteroatoms. The molecule has 6 nitrogen and oxygen atoms in total. The van der Waals surface area contributed by atoms with Gasteiger partial charge in [-0.05, 0) is 46.8 Å². The van der Waals surface area contributed by atoms with Crippen LogP contribution in [0.2, 0.25) is 0 Å². The smallest absolute Gasteiger partial charge is 0.238 e. The maximum Gasteiger partial charge on any atom is 0.238 e. The number of methoxy groups -OCH3 is 1. The van der Waals surface area contributed by atoms with Crippen LogP contribution in [0.4, 0.5) is 11.4 Å². The predicted molar refractivity (Wildman–Crippen MR) is 152 cm³/mol. The zero-order chi connectivity index (χ0) is 26.7. The van der Waals surface area contributed by atoms with Gasteiger partial charge in [-0.2, -0.15) is 0 Å². The Morgan fingerprint density at radius 3 is 2.59 bits per heavy atom. The van der Waals surface area contributed by atoms with Gasteiger partial charge in [0, 0.05) is 16.9 Å². The van der Waals surface area contributed by atoms with Crippen molar-refractivity contribution in [3.63, 3.8) is 0 Å². The van der Waals surface area contributed by atoms with Gasteiger partial charge in [0.2, 0.25) is 5.91 Å². The average Bonchev–Trinajstić information content (AvgIpc) is 3.69. The molecular formula is C32H24N2O4S. The van der Waals surface area contributed by atoms with Crippen molar-refractivity contribution in [3.05, 3.63) is 118 Å². The molecule has 39 heavy (non-hydrogen) atoms. The molecular weight excluding hydrogens is 508 g/mol. The highest BCUT2D eigenvalue weighted by atomic mass is 32.1. The quantitative estimate of drug-likeness (QED) is 0.338. The number of ketones is 2. The first-order valence-corrected chi connectivity index (χ1v) is 13.7. The molecule has 0 radical (unpaired) electrons. The van der Waals surface area contributed by atoms with Gasteiger partial charge >= 0.3 is 0 Å². The van der Waals surface area contributed by atoms with E-state index in [-0.39, 0.29) is 17.5 Å². The van der Waals surface area contributed by atoms with Crippen LogP contribution in [0.1, 0.15) is 31.2 Å². The van der Waals surface area contributed by atoms with Gasteiger partial charge in [0.25, 0.3) is 0 Å². The van der Waals surface area contributed by atoms with Crippen LogP contribution in [-0.2, 0) is 10.2 Å². The predicted octanol–water partition coefficient (Wildman–Crippen LogP) is 5.61. The number of anilines is 2. The zero-order valence-corrected chi connectivity index (χ0v) is 21.9. The Balaban J connectivity index is 1.54. The van der Waals surface area contributed by atoms with Crippen LogP contribution in [0.15, 0.2) is 96.4 Å². The number of carbonyl (C=O) groups is 3. The van der Waals surface area contributed by atoms with Gasteiger partial charge in [0.1, 0.15) is 17.2 Å². The largest absolute Gasteiger partial charge is 0.497 e. The maximum atomic E-state index is 14.7. The lowest BCUT2D eigenvalue weighted by Gasteiger charge is -2.37. The van der Waals surface area contributed by atoms with Crippen molar-refractivity contribution in [2.45, 2.75) is 17.5 Å². The molecule has 4 aromatic rings. The Bertz CT molecular complexity index is 1680.